The number of nitrogens with one attached hydrogen (secondary N) is 2. The third kappa shape index (κ3) is 5.57. The van der Waals surface area contributed by atoms with Crippen LogP contribution in [-0.2, 0) is 10.9 Å². The number of nitrogen functional groups attached to an aromatic ring is 1. The van der Waals surface area contributed by atoms with E-state index in [1.807, 2.05) is 12.3 Å². The van der Waals surface area contributed by atoms with E-state index in [-0.39, 0.29) is 11.8 Å². The Hall–Kier alpha value is -1.61. The number of hydrazine groups is 1. The number of nitrogens with two attached hydrogens (primary N) is 1. The van der Waals surface area contributed by atoms with E-state index >= 15 is 0 Å². The van der Waals surface area contributed by atoms with Crippen LogP contribution in [0.1, 0.15) is 25.5 Å². The van der Waals surface area contributed by atoms with E-state index in [2.05, 4.69) is 15.3 Å². The Balaban J connectivity index is 2.56. The van der Waals surface area contributed by atoms with Gasteiger partial charge in [0.1, 0.15) is 5.82 Å². The summed E-state index contributed by atoms with van der Waals surface area (Å²) in [6.07, 6.45) is -2.95. The van der Waals surface area contributed by atoms with Crippen LogP contribution in [0, 0.1) is 0 Å². The SMILES string of the molecule is CCCOCCCNc1cc(C(F)(F)F)nc(NN)n1. The van der Waals surface area contributed by atoms with Gasteiger partial charge in [-0.05, 0) is 12.8 Å². The molecule has 0 radical (unpaired) electrons. The third-order valence-corrected chi connectivity index (χ3v) is 2.27. The first-order valence-corrected chi connectivity index (χ1v) is 6.22. The molecule has 0 aliphatic carbocycles. The number of nitrogens with zero attached hydrogens (tertiary/aromatic N) is 2. The Labute approximate surface area is 114 Å². The molecule has 0 aliphatic rings. The Morgan fingerprint density at radius 3 is 2.65 bits per heavy atom. The molecule has 0 aromatic carbocycles. The van der Waals surface area contributed by atoms with Gasteiger partial charge in [-0.2, -0.15) is 18.2 Å². The number of ether oxygens (including phenoxy) is 1. The van der Waals surface area contributed by atoms with Gasteiger partial charge in [-0.3, -0.25) is 5.43 Å². The number of anilines is 2. The minimum absolute atomic E-state index is 0.0655. The van der Waals surface area contributed by atoms with Gasteiger partial charge in [-0.25, -0.2) is 10.8 Å². The normalized spacial score (nSPS) is 11.4. The molecule has 0 saturated heterocycles. The van der Waals surface area contributed by atoms with Gasteiger partial charge < -0.3 is 10.1 Å². The summed E-state index contributed by atoms with van der Waals surface area (Å²) < 4.78 is 43.1. The molecular formula is C11H18F3N5O. The molecule has 0 saturated carbocycles. The van der Waals surface area contributed by atoms with Gasteiger partial charge in [0.15, 0.2) is 5.69 Å². The summed E-state index contributed by atoms with van der Waals surface area (Å²) >= 11 is 0. The number of aromatic nitrogens is 2. The Morgan fingerprint density at radius 2 is 2.05 bits per heavy atom. The summed E-state index contributed by atoms with van der Waals surface area (Å²) in [5, 5.41) is 2.78. The molecule has 0 spiro atoms. The van der Waals surface area contributed by atoms with E-state index in [1.54, 1.807) is 0 Å². The highest BCUT2D eigenvalue weighted by atomic mass is 19.4. The second-order valence-corrected chi connectivity index (χ2v) is 4.00. The van der Waals surface area contributed by atoms with Crippen LogP contribution in [0.2, 0.25) is 0 Å². The van der Waals surface area contributed by atoms with Crippen molar-refractivity contribution in [2.24, 2.45) is 5.84 Å². The molecule has 1 rings (SSSR count). The summed E-state index contributed by atoms with van der Waals surface area (Å²) in [5.74, 6) is 4.83. The van der Waals surface area contributed by atoms with E-state index < -0.39 is 11.9 Å². The van der Waals surface area contributed by atoms with Gasteiger partial charge in [0.25, 0.3) is 0 Å². The van der Waals surface area contributed by atoms with Crippen LogP contribution < -0.4 is 16.6 Å². The summed E-state index contributed by atoms with van der Waals surface area (Å²) in [7, 11) is 0. The van der Waals surface area contributed by atoms with E-state index in [1.165, 1.54) is 0 Å². The number of rotatable bonds is 8. The van der Waals surface area contributed by atoms with Crippen molar-refractivity contribution in [3.05, 3.63) is 11.8 Å². The lowest BCUT2D eigenvalue weighted by atomic mass is 10.3. The van der Waals surface area contributed by atoms with Crippen LogP contribution in [0.25, 0.3) is 0 Å². The quantitative estimate of drug-likeness (QED) is 0.386. The lowest BCUT2D eigenvalue weighted by Gasteiger charge is -2.11. The Kier molecular flexibility index (Phi) is 6.46. The molecule has 1 heterocycles. The zero-order valence-electron chi connectivity index (χ0n) is 11.1. The third-order valence-electron chi connectivity index (χ3n) is 2.27. The zero-order chi connectivity index (χ0) is 15.0. The molecular weight excluding hydrogens is 275 g/mol. The number of halogens is 3. The van der Waals surface area contributed by atoms with E-state index in [4.69, 9.17) is 10.6 Å². The molecule has 0 bridgehead atoms. The molecule has 0 amide bonds. The van der Waals surface area contributed by atoms with Crippen LogP contribution in [0.15, 0.2) is 6.07 Å². The molecule has 114 valence electrons. The largest absolute Gasteiger partial charge is 0.433 e. The van der Waals surface area contributed by atoms with E-state index in [9.17, 15) is 13.2 Å². The predicted octanol–water partition coefficient (Wildman–Crippen LogP) is 2.01. The topological polar surface area (TPSA) is 85.1 Å². The van der Waals surface area contributed by atoms with Gasteiger partial charge in [0, 0.05) is 25.8 Å². The lowest BCUT2D eigenvalue weighted by Crippen LogP contribution is -2.17. The molecule has 9 heteroatoms. The molecule has 0 unspecified atom stereocenters. The van der Waals surface area contributed by atoms with Crippen LogP contribution in [0.3, 0.4) is 0 Å². The lowest BCUT2D eigenvalue weighted by molar-refractivity contribution is -0.141. The standard InChI is InChI=1S/C11H18F3N5O/c1-2-5-20-6-3-4-16-9-7-8(11(12,13)14)17-10(18-9)19-15/h7H,2-6,15H2,1H3,(H2,16,17,18,19). The van der Waals surface area contributed by atoms with Gasteiger partial charge in [-0.1, -0.05) is 6.92 Å². The van der Waals surface area contributed by atoms with Crippen LogP contribution >= 0.6 is 0 Å². The number of alkyl halides is 3. The molecule has 20 heavy (non-hydrogen) atoms. The highest BCUT2D eigenvalue weighted by Gasteiger charge is 2.33. The molecule has 0 aliphatic heterocycles. The minimum Gasteiger partial charge on any atom is -0.381 e. The predicted molar refractivity (Wildman–Crippen MR) is 69.1 cm³/mol. The van der Waals surface area contributed by atoms with Gasteiger partial charge in [0.2, 0.25) is 5.95 Å². The smallest absolute Gasteiger partial charge is 0.381 e. The first-order chi connectivity index (χ1) is 9.47. The molecule has 4 N–H and O–H groups in total. The highest BCUT2D eigenvalue weighted by molar-refractivity contribution is 5.42. The molecule has 0 atom stereocenters. The van der Waals surface area contributed by atoms with Crippen molar-refractivity contribution >= 4 is 11.8 Å². The second kappa shape index (κ2) is 7.85. The van der Waals surface area contributed by atoms with Crippen molar-refractivity contribution in [3.8, 4) is 0 Å². The van der Waals surface area contributed by atoms with E-state index in [0.29, 0.717) is 26.2 Å². The summed E-state index contributed by atoms with van der Waals surface area (Å²) in [5.41, 5.74) is 0.961. The van der Waals surface area contributed by atoms with Crippen molar-refractivity contribution in [3.63, 3.8) is 0 Å². The summed E-state index contributed by atoms with van der Waals surface area (Å²) in [6.45, 7) is 3.66. The highest BCUT2D eigenvalue weighted by Crippen LogP contribution is 2.29. The zero-order valence-corrected chi connectivity index (χ0v) is 11.1. The average molecular weight is 293 g/mol. The van der Waals surface area contributed by atoms with Crippen LogP contribution in [0.5, 0.6) is 0 Å². The molecule has 6 nitrogen and oxygen atoms in total. The fourth-order valence-electron chi connectivity index (χ4n) is 1.38. The molecule has 1 aromatic heterocycles. The Morgan fingerprint density at radius 1 is 1.30 bits per heavy atom. The fourth-order valence-corrected chi connectivity index (χ4v) is 1.38. The van der Waals surface area contributed by atoms with Crippen molar-refractivity contribution < 1.29 is 17.9 Å². The van der Waals surface area contributed by atoms with Crippen LogP contribution in [0.4, 0.5) is 24.9 Å². The van der Waals surface area contributed by atoms with Gasteiger partial charge in [-0.15, -0.1) is 0 Å². The van der Waals surface area contributed by atoms with Gasteiger partial charge in [0.05, 0.1) is 0 Å². The molecule has 1 aromatic rings. The number of hydrogen-bond donors (Lipinski definition) is 3. The average Bonchev–Trinajstić information content (AvgIpc) is 2.41. The van der Waals surface area contributed by atoms with Crippen molar-refractivity contribution in [2.75, 3.05) is 30.5 Å². The monoisotopic (exact) mass is 293 g/mol. The fraction of sp³-hybridized carbons (Fsp3) is 0.636. The number of hydrogen-bond acceptors (Lipinski definition) is 6. The van der Waals surface area contributed by atoms with Crippen molar-refractivity contribution in [1.29, 1.82) is 0 Å². The maximum Gasteiger partial charge on any atom is 0.433 e. The minimum atomic E-state index is -4.55. The maximum atomic E-state index is 12.6. The van der Waals surface area contributed by atoms with E-state index in [0.717, 1.165) is 12.5 Å². The Bertz CT molecular complexity index is 414. The summed E-state index contributed by atoms with van der Waals surface area (Å²) in [6, 6.07) is 0.841. The first-order valence-electron chi connectivity index (χ1n) is 6.22. The second-order valence-electron chi connectivity index (χ2n) is 4.00. The first kappa shape index (κ1) is 16.4. The van der Waals surface area contributed by atoms with Crippen molar-refractivity contribution in [1.82, 2.24) is 9.97 Å². The van der Waals surface area contributed by atoms with Crippen LogP contribution in [-0.4, -0.2) is 29.7 Å². The maximum absolute atomic E-state index is 12.6. The van der Waals surface area contributed by atoms with Crippen molar-refractivity contribution in [2.45, 2.75) is 25.9 Å². The summed E-state index contributed by atoms with van der Waals surface area (Å²) in [4.78, 5) is 7.06. The van der Waals surface area contributed by atoms with Gasteiger partial charge >= 0.3 is 6.18 Å². The molecule has 0 fully saturated rings.